The van der Waals surface area contributed by atoms with Crippen LogP contribution < -0.4 is 10.9 Å². The zero-order valence-corrected chi connectivity index (χ0v) is 12.2. The molecule has 8 heteroatoms. The Balaban J connectivity index is 2.04. The van der Waals surface area contributed by atoms with Gasteiger partial charge >= 0.3 is 6.18 Å². The van der Waals surface area contributed by atoms with Gasteiger partial charge in [-0.2, -0.15) is 18.3 Å². The molecule has 0 aliphatic carbocycles. The predicted octanol–water partition coefficient (Wildman–Crippen LogP) is 1.89. The third kappa shape index (κ3) is 4.67. The van der Waals surface area contributed by atoms with Gasteiger partial charge in [0, 0.05) is 12.6 Å². The number of aromatic nitrogens is 2. The average Bonchev–Trinajstić information content (AvgIpc) is 2.46. The van der Waals surface area contributed by atoms with E-state index in [9.17, 15) is 22.8 Å². The lowest BCUT2D eigenvalue weighted by Gasteiger charge is -2.10. The Labute approximate surface area is 129 Å². The normalized spacial score (nSPS) is 11.3. The van der Waals surface area contributed by atoms with Crippen LogP contribution in [0, 0.1) is 6.92 Å². The quantitative estimate of drug-likeness (QED) is 0.934. The van der Waals surface area contributed by atoms with Gasteiger partial charge in [-0.15, -0.1) is 0 Å². The van der Waals surface area contributed by atoms with E-state index in [1.807, 2.05) is 31.2 Å². The van der Waals surface area contributed by atoms with E-state index in [-0.39, 0.29) is 6.54 Å². The maximum atomic E-state index is 12.6. The highest BCUT2D eigenvalue weighted by molar-refractivity contribution is 5.75. The van der Waals surface area contributed by atoms with Gasteiger partial charge in [-0.05, 0) is 18.6 Å². The minimum Gasteiger partial charge on any atom is -0.350 e. The van der Waals surface area contributed by atoms with Crippen LogP contribution in [0.15, 0.2) is 41.2 Å². The summed E-state index contributed by atoms with van der Waals surface area (Å²) in [5.74, 6) is -0.597. The number of hydrogen-bond donors (Lipinski definition) is 1. The highest BCUT2D eigenvalue weighted by atomic mass is 19.4. The van der Waals surface area contributed by atoms with Crippen molar-refractivity contribution in [1.29, 1.82) is 0 Å². The monoisotopic (exact) mass is 325 g/mol. The summed E-state index contributed by atoms with van der Waals surface area (Å²) in [7, 11) is 0. The van der Waals surface area contributed by atoms with Crippen molar-refractivity contribution >= 4 is 5.91 Å². The lowest BCUT2D eigenvalue weighted by molar-refractivity contribution is -0.142. The summed E-state index contributed by atoms with van der Waals surface area (Å²) in [4.78, 5) is 23.3. The van der Waals surface area contributed by atoms with Gasteiger partial charge < -0.3 is 5.32 Å². The Hall–Kier alpha value is -2.64. The van der Waals surface area contributed by atoms with Crippen molar-refractivity contribution in [2.75, 3.05) is 0 Å². The fourth-order valence-corrected chi connectivity index (χ4v) is 1.93. The van der Waals surface area contributed by atoms with E-state index in [1.54, 1.807) is 0 Å². The summed E-state index contributed by atoms with van der Waals surface area (Å²) in [5.41, 5.74) is -0.123. The van der Waals surface area contributed by atoms with Crippen molar-refractivity contribution in [3.63, 3.8) is 0 Å². The predicted molar refractivity (Wildman–Crippen MR) is 76.5 cm³/mol. The second-order valence-corrected chi connectivity index (χ2v) is 4.98. The second kappa shape index (κ2) is 6.64. The number of nitrogens with one attached hydrogen (secondary N) is 1. The molecule has 2 aromatic rings. The molecule has 0 spiro atoms. The van der Waals surface area contributed by atoms with Crippen LogP contribution in [-0.4, -0.2) is 15.7 Å². The molecule has 0 fully saturated rings. The van der Waals surface area contributed by atoms with Crippen molar-refractivity contribution in [3.8, 4) is 0 Å². The lowest BCUT2D eigenvalue weighted by atomic mass is 10.1. The van der Waals surface area contributed by atoms with Crippen LogP contribution in [0.1, 0.15) is 16.8 Å². The summed E-state index contributed by atoms with van der Waals surface area (Å²) in [5, 5.41) is 5.71. The van der Waals surface area contributed by atoms with Gasteiger partial charge in [0.05, 0.1) is 0 Å². The fourth-order valence-electron chi connectivity index (χ4n) is 1.93. The van der Waals surface area contributed by atoms with Crippen molar-refractivity contribution in [2.24, 2.45) is 0 Å². The van der Waals surface area contributed by atoms with Crippen LogP contribution in [0.4, 0.5) is 13.2 Å². The molecule has 0 aliphatic rings. The van der Waals surface area contributed by atoms with Gasteiger partial charge in [0.1, 0.15) is 6.54 Å². The number of amides is 1. The van der Waals surface area contributed by atoms with E-state index < -0.39 is 29.9 Å². The summed E-state index contributed by atoms with van der Waals surface area (Å²) >= 11 is 0. The molecule has 2 rings (SSSR count). The SMILES string of the molecule is Cc1cccc(CNC(=O)Cn2nc(C(F)(F)F)ccc2=O)c1. The van der Waals surface area contributed by atoms with E-state index in [4.69, 9.17) is 0 Å². The van der Waals surface area contributed by atoms with Crippen LogP contribution in [0.25, 0.3) is 0 Å². The number of carbonyl (C=O) groups is 1. The Morgan fingerprint density at radius 3 is 2.65 bits per heavy atom. The minimum atomic E-state index is -4.67. The zero-order valence-electron chi connectivity index (χ0n) is 12.2. The maximum absolute atomic E-state index is 12.6. The molecule has 1 N–H and O–H groups in total. The number of aryl methyl sites for hydroxylation is 1. The van der Waals surface area contributed by atoms with Crippen molar-refractivity contribution in [2.45, 2.75) is 26.2 Å². The Kier molecular flexibility index (Phi) is 4.83. The first-order valence-corrected chi connectivity index (χ1v) is 6.73. The Morgan fingerprint density at radius 1 is 1.26 bits per heavy atom. The number of rotatable bonds is 4. The molecule has 0 saturated carbocycles. The molecule has 1 amide bonds. The van der Waals surface area contributed by atoms with Gasteiger partial charge in [0.15, 0.2) is 5.69 Å². The van der Waals surface area contributed by atoms with E-state index >= 15 is 0 Å². The average molecular weight is 325 g/mol. The third-order valence-corrected chi connectivity index (χ3v) is 3.02. The molecule has 1 aromatic heterocycles. The Morgan fingerprint density at radius 2 is 2.00 bits per heavy atom. The Bertz CT molecular complexity index is 769. The fraction of sp³-hybridized carbons (Fsp3) is 0.267. The van der Waals surface area contributed by atoms with Crippen LogP contribution in [-0.2, 0) is 24.1 Å². The first-order valence-electron chi connectivity index (χ1n) is 6.73. The largest absolute Gasteiger partial charge is 0.435 e. The molecular formula is C15H14F3N3O2. The van der Waals surface area contributed by atoms with Crippen molar-refractivity contribution in [1.82, 2.24) is 15.1 Å². The second-order valence-electron chi connectivity index (χ2n) is 4.98. The number of carbonyl (C=O) groups excluding carboxylic acids is 1. The molecule has 0 unspecified atom stereocenters. The minimum absolute atomic E-state index is 0.216. The van der Waals surface area contributed by atoms with E-state index in [2.05, 4.69) is 10.4 Å². The van der Waals surface area contributed by atoms with Gasteiger partial charge in [-0.25, -0.2) is 4.68 Å². The zero-order chi connectivity index (χ0) is 17.0. The van der Waals surface area contributed by atoms with Crippen LogP contribution in [0.3, 0.4) is 0 Å². The molecule has 1 aromatic carbocycles. The number of nitrogens with zero attached hydrogens (tertiary/aromatic N) is 2. The highest BCUT2D eigenvalue weighted by Crippen LogP contribution is 2.26. The third-order valence-electron chi connectivity index (χ3n) is 3.02. The molecule has 5 nitrogen and oxygen atoms in total. The number of alkyl halides is 3. The van der Waals surface area contributed by atoms with Gasteiger partial charge in [-0.3, -0.25) is 9.59 Å². The first-order chi connectivity index (χ1) is 10.8. The number of halogens is 3. The number of benzene rings is 1. The lowest BCUT2D eigenvalue weighted by Crippen LogP contribution is -2.34. The molecule has 0 radical (unpaired) electrons. The maximum Gasteiger partial charge on any atom is 0.435 e. The highest BCUT2D eigenvalue weighted by Gasteiger charge is 2.33. The molecule has 0 saturated heterocycles. The van der Waals surface area contributed by atoms with Crippen molar-refractivity contribution in [3.05, 3.63) is 63.6 Å². The molecule has 122 valence electrons. The van der Waals surface area contributed by atoms with Crippen LogP contribution >= 0.6 is 0 Å². The van der Waals surface area contributed by atoms with E-state index in [0.29, 0.717) is 10.7 Å². The topological polar surface area (TPSA) is 64.0 Å². The van der Waals surface area contributed by atoms with E-state index in [0.717, 1.165) is 17.2 Å². The molecule has 23 heavy (non-hydrogen) atoms. The van der Waals surface area contributed by atoms with E-state index in [1.165, 1.54) is 0 Å². The van der Waals surface area contributed by atoms with Gasteiger partial charge in [-0.1, -0.05) is 29.8 Å². The molecular weight excluding hydrogens is 311 g/mol. The smallest absolute Gasteiger partial charge is 0.350 e. The summed E-state index contributed by atoms with van der Waals surface area (Å²) in [6, 6.07) is 8.73. The standard InChI is InChI=1S/C15H14F3N3O2/c1-10-3-2-4-11(7-10)8-19-13(22)9-21-14(23)6-5-12(20-21)15(16,17)18/h2-7H,8-9H2,1H3,(H,19,22). The van der Waals surface area contributed by atoms with Gasteiger partial charge in [0.25, 0.3) is 5.56 Å². The number of hydrogen-bond acceptors (Lipinski definition) is 3. The summed E-state index contributed by atoms with van der Waals surface area (Å²) in [6.45, 7) is 1.54. The van der Waals surface area contributed by atoms with Crippen molar-refractivity contribution < 1.29 is 18.0 Å². The first kappa shape index (κ1) is 16.7. The van der Waals surface area contributed by atoms with Crippen LogP contribution in [0.2, 0.25) is 0 Å². The van der Waals surface area contributed by atoms with Gasteiger partial charge in [0.2, 0.25) is 5.91 Å². The molecule has 0 bridgehead atoms. The molecule has 0 atom stereocenters. The molecule has 0 aliphatic heterocycles. The van der Waals surface area contributed by atoms with Crippen LogP contribution in [0.5, 0.6) is 0 Å². The summed E-state index contributed by atoms with van der Waals surface area (Å²) < 4.78 is 38.2. The molecule has 1 heterocycles. The summed E-state index contributed by atoms with van der Waals surface area (Å²) in [6.07, 6.45) is -4.67.